The van der Waals surface area contributed by atoms with Crippen LogP contribution >= 0.6 is 0 Å². The lowest BCUT2D eigenvalue weighted by molar-refractivity contribution is 0.0592. The van der Waals surface area contributed by atoms with Crippen molar-refractivity contribution in [3.05, 3.63) is 168 Å². The molecule has 0 aliphatic carbocycles. The predicted molar refractivity (Wildman–Crippen MR) is 231 cm³/mol. The SMILES string of the molecule is O=C1c2cccc3c2c(c(-c2ccccc2)c2ccccc23)C(=O)N1CCCCNCCCN1C(=O)c2cccc3c2c(c(-c2ccccc2)c2ccccc23)C1=O. The van der Waals surface area contributed by atoms with E-state index in [-0.39, 0.29) is 30.2 Å². The van der Waals surface area contributed by atoms with Crippen LogP contribution < -0.4 is 5.32 Å². The van der Waals surface area contributed by atoms with Gasteiger partial charge in [-0.2, -0.15) is 0 Å². The molecule has 4 amide bonds. The summed E-state index contributed by atoms with van der Waals surface area (Å²) in [6.45, 7) is 1.84. The highest BCUT2D eigenvalue weighted by molar-refractivity contribution is 6.34. The molecule has 0 fully saturated rings. The van der Waals surface area contributed by atoms with Crippen molar-refractivity contribution < 1.29 is 19.2 Å². The maximum Gasteiger partial charge on any atom is 0.262 e. The Hall–Kier alpha value is -6.96. The Bertz CT molecular complexity index is 2790. The van der Waals surface area contributed by atoms with Gasteiger partial charge in [0.15, 0.2) is 0 Å². The third-order valence-corrected chi connectivity index (χ3v) is 11.8. The number of carbonyl (C=O) groups is 4. The van der Waals surface area contributed by atoms with Gasteiger partial charge in [-0.25, -0.2) is 0 Å². The summed E-state index contributed by atoms with van der Waals surface area (Å²) in [5.74, 6) is -1.06. The van der Waals surface area contributed by atoms with Crippen LogP contribution in [0, 0.1) is 0 Å². The number of rotatable bonds is 11. The number of benzene rings is 8. The number of imide groups is 2. The topological polar surface area (TPSA) is 86.8 Å². The zero-order chi connectivity index (χ0) is 39.3. The molecule has 7 nitrogen and oxygen atoms in total. The fraction of sp³-hybridized carbons (Fsp3) is 0.137. The van der Waals surface area contributed by atoms with Crippen molar-refractivity contribution in [2.24, 2.45) is 0 Å². The Morgan fingerprint density at radius 3 is 1.22 bits per heavy atom. The molecular weight excluding hydrogens is 719 g/mol. The zero-order valence-electron chi connectivity index (χ0n) is 31.8. The van der Waals surface area contributed by atoms with E-state index in [1.54, 1.807) is 0 Å². The highest BCUT2D eigenvalue weighted by Crippen LogP contribution is 2.45. The minimum atomic E-state index is -0.269. The first-order valence-electron chi connectivity index (χ1n) is 20.0. The Kier molecular flexibility index (Phi) is 8.88. The number of unbranched alkanes of at least 4 members (excludes halogenated alkanes) is 1. The Balaban J connectivity index is 0.823. The van der Waals surface area contributed by atoms with Crippen molar-refractivity contribution in [1.29, 1.82) is 0 Å². The fourth-order valence-electron chi connectivity index (χ4n) is 9.24. The summed E-state index contributed by atoms with van der Waals surface area (Å²) in [6.07, 6.45) is 1.95. The normalized spacial score (nSPS) is 13.8. The van der Waals surface area contributed by atoms with Crippen molar-refractivity contribution in [3.63, 3.8) is 0 Å². The highest BCUT2D eigenvalue weighted by Gasteiger charge is 2.37. The molecule has 0 unspecified atom stereocenters. The maximum atomic E-state index is 14.4. The maximum absolute atomic E-state index is 14.4. The average Bonchev–Trinajstić information content (AvgIpc) is 3.27. The van der Waals surface area contributed by atoms with Crippen LogP contribution in [-0.4, -0.2) is 59.6 Å². The second kappa shape index (κ2) is 14.5. The minimum absolute atomic E-state index is 0.261. The molecule has 8 aromatic carbocycles. The molecule has 2 aliphatic heterocycles. The number of fused-ring (bicyclic) bond motifs is 4. The van der Waals surface area contributed by atoms with Crippen LogP contribution in [0.5, 0.6) is 0 Å². The first-order chi connectivity index (χ1) is 28.5. The molecule has 58 heavy (non-hydrogen) atoms. The Morgan fingerprint density at radius 1 is 0.345 bits per heavy atom. The van der Waals surface area contributed by atoms with Gasteiger partial charge in [0.05, 0.1) is 11.1 Å². The van der Waals surface area contributed by atoms with Crippen molar-refractivity contribution >= 4 is 66.7 Å². The molecule has 0 aromatic heterocycles. The first kappa shape index (κ1) is 35.5. The number of hydrogen-bond acceptors (Lipinski definition) is 5. The van der Waals surface area contributed by atoms with Crippen LogP contribution in [-0.2, 0) is 0 Å². The van der Waals surface area contributed by atoms with Crippen molar-refractivity contribution in [3.8, 4) is 22.3 Å². The van der Waals surface area contributed by atoms with Gasteiger partial charge < -0.3 is 5.32 Å². The second-order valence-electron chi connectivity index (χ2n) is 15.1. The van der Waals surface area contributed by atoms with Gasteiger partial charge in [0, 0.05) is 46.1 Å². The Morgan fingerprint density at radius 2 is 0.741 bits per heavy atom. The third-order valence-electron chi connectivity index (χ3n) is 11.8. The lowest BCUT2D eigenvalue weighted by Crippen LogP contribution is -2.42. The van der Waals surface area contributed by atoms with Gasteiger partial charge in [-0.15, -0.1) is 0 Å². The van der Waals surface area contributed by atoms with Gasteiger partial charge in [-0.1, -0.05) is 133 Å². The summed E-state index contributed by atoms with van der Waals surface area (Å²) in [5, 5.41) is 10.7. The smallest absolute Gasteiger partial charge is 0.262 e. The molecular formula is C51H39N3O4. The monoisotopic (exact) mass is 757 g/mol. The highest BCUT2D eigenvalue weighted by atomic mass is 16.2. The quantitative estimate of drug-likeness (QED) is 0.0807. The van der Waals surface area contributed by atoms with E-state index >= 15 is 0 Å². The number of nitrogens with one attached hydrogen (secondary N) is 1. The summed E-state index contributed by atoms with van der Waals surface area (Å²) >= 11 is 0. The van der Waals surface area contributed by atoms with E-state index in [0.29, 0.717) is 54.7 Å². The molecule has 10 rings (SSSR count). The number of nitrogens with zero attached hydrogens (tertiary/aromatic N) is 2. The first-order valence-corrected chi connectivity index (χ1v) is 20.0. The molecule has 8 aromatic rings. The number of carbonyl (C=O) groups excluding carboxylic acids is 4. The molecule has 0 spiro atoms. The standard InChI is InChI=1S/C51H39N3O4/c55-48-40-26-13-24-38-34-20-7-9-22-36(34)42(32-16-3-1-4-17-32)46(44(38)40)50(57)53(48)30-12-11-28-52-29-15-31-54-49(56)41-27-14-25-39-35-21-8-10-23-37(35)43(33-18-5-2-6-19-33)47(45(39)41)51(54)58/h1-10,13-14,16-27,52H,11-12,15,28-31H2. The molecule has 1 N–H and O–H groups in total. The Labute approximate surface area is 335 Å². The molecule has 0 radical (unpaired) electrons. The molecule has 0 atom stereocenters. The zero-order valence-corrected chi connectivity index (χ0v) is 31.8. The average molecular weight is 758 g/mol. The molecule has 0 bridgehead atoms. The molecule has 282 valence electrons. The van der Waals surface area contributed by atoms with Gasteiger partial charge in [-0.3, -0.25) is 29.0 Å². The second-order valence-corrected chi connectivity index (χ2v) is 15.1. The van der Waals surface area contributed by atoms with E-state index in [4.69, 9.17) is 0 Å². The van der Waals surface area contributed by atoms with E-state index in [2.05, 4.69) is 29.6 Å². The van der Waals surface area contributed by atoms with Gasteiger partial charge in [-0.05, 0) is 87.9 Å². The predicted octanol–water partition coefficient (Wildman–Crippen LogP) is 10.3. The van der Waals surface area contributed by atoms with Gasteiger partial charge in [0.2, 0.25) is 0 Å². The van der Waals surface area contributed by atoms with Gasteiger partial charge >= 0.3 is 0 Å². The van der Waals surface area contributed by atoms with Crippen LogP contribution in [0.15, 0.2) is 146 Å². The molecule has 2 aliphatic rings. The molecule has 7 heteroatoms. The molecule has 2 heterocycles. The molecule has 0 saturated carbocycles. The molecule has 0 saturated heterocycles. The summed E-state index contributed by atoms with van der Waals surface area (Å²) in [6, 6.07) is 47.6. The van der Waals surface area contributed by atoms with Gasteiger partial charge in [0.1, 0.15) is 0 Å². The van der Waals surface area contributed by atoms with Gasteiger partial charge in [0.25, 0.3) is 23.6 Å². The van der Waals surface area contributed by atoms with Crippen molar-refractivity contribution in [2.45, 2.75) is 19.3 Å². The summed E-state index contributed by atoms with van der Waals surface area (Å²) in [7, 11) is 0. The van der Waals surface area contributed by atoms with E-state index in [1.165, 1.54) is 9.80 Å². The summed E-state index contributed by atoms with van der Waals surface area (Å²) in [5.41, 5.74) is 5.85. The lowest BCUT2D eigenvalue weighted by Gasteiger charge is -2.30. The van der Waals surface area contributed by atoms with E-state index in [1.807, 2.05) is 121 Å². The van der Waals surface area contributed by atoms with E-state index in [9.17, 15) is 19.2 Å². The fourth-order valence-corrected chi connectivity index (χ4v) is 9.24. The van der Waals surface area contributed by atoms with Crippen molar-refractivity contribution in [1.82, 2.24) is 15.1 Å². The van der Waals surface area contributed by atoms with Crippen LogP contribution in [0.2, 0.25) is 0 Å². The van der Waals surface area contributed by atoms with E-state index < -0.39 is 0 Å². The number of hydrogen-bond donors (Lipinski definition) is 1. The number of amides is 4. The van der Waals surface area contributed by atoms with Crippen molar-refractivity contribution in [2.75, 3.05) is 26.2 Å². The minimum Gasteiger partial charge on any atom is -0.317 e. The van der Waals surface area contributed by atoms with Crippen LogP contribution in [0.25, 0.3) is 65.3 Å². The van der Waals surface area contributed by atoms with Crippen LogP contribution in [0.3, 0.4) is 0 Å². The van der Waals surface area contributed by atoms with Crippen LogP contribution in [0.1, 0.15) is 60.7 Å². The van der Waals surface area contributed by atoms with E-state index in [0.717, 1.165) is 71.8 Å². The lowest BCUT2D eigenvalue weighted by atomic mass is 9.83. The third kappa shape index (κ3) is 5.61. The largest absolute Gasteiger partial charge is 0.317 e. The summed E-state index contributed by atoms with van der Waals surface area (Å²) in [4.78, 5) is 59.5. The summed E-state index contributed by atoms with van der Waals surface area (Å²) < 4.78 is 0. The van der Waals surface area contributed by atoms with Crippen LogP contribution in [0.4, 0.5) is 0 Å².